The normalized spacial score (nSPS) is 15.3. The summed E-state index contributed by atoms with van der Waals surface area (Å²) in [5, 5.41) is 0. The molecule has 2 aromatic carbocycles. The predicted molar refractivity (Wildman–Crippen MR) is 110 cm³/mol. The van der Waals surface area contributed by atoms with Crippen molar-refractivity contribution in [2.75, 3.05) is 54.6 Å². The van der Waals surface area contributed by atoms with Crippen molar-refractivity contribution in [1.29, 1.82) is 0 Å². The molecule has 0 amide bonds. The van der Waals surface area contributed by atoms with E-state index in [1.165, 1.54) is 5.56 Å². The van der Waals surface area contributed by atoms with E-state index in [0.717, 1.165) is 67.8 Å². The van der Waals surface area contributed by atoms with E-state index in [-0.39, 0.29) is 0 Å². The van der Waals surface area contributed by atoms with Crippen LogP contribution in [0.5, 0.6) is 23.0 Å². The molecule has 152 valence electrons. The van der Waals surface area contributed by atoms with Crippen LogP contribution in [0.4, 0.5) is 0 Å². The van der Waals surface area contributed by atoms with Gasteiger partial charge in [-0.05, 0) is 35.9 Å². The summed E-state index contributed by atoms with van der Waals surface area (Å²) in [7, 11) is 6.74. The van der Waals surface area contributed by atoms with Crippen LogP contribution in [0.15, 0.2) is 36.4 Å². The van der Waals surface area contributed by atoms with Gasteiger partial charge in [0.15, 0.2) is 11.5 Å². The summed E-state index contributed by atoms with van der Waals surface area (Å²) >= 11 is 0. The molecule has 2 aromatic rings. The number of hydrogen-bond donors (Lipinski definition) is 0. The quantitative estimate of drug-likeness (QED) is 0.695. The summed E-state index contributed by atoms with van der Waals surface area (Å²) in [6.45, 7) is 5.88. The van der Waals surface area contributed by atoms with Crippen molar-refractivity contribution in [3.05, 3.63) is 47.5 Å². The van der Waals surface area contributed by atoms with Crippen molar-refractivity contribution in [3.8, 4) is 23.0 Å². The molecule has 0 spiro atoms. The zero-order chi connectivity index (χ0) is 19.9. The van der Waals surface area contributed by atoms with Gasteiger partial charge in [0, 0.05) is 44.8 Å². The largest absolute Gasteiger partial charge is 0.497 e. The minimum atomic E-state index is 0.767. The Hall–Kier alpha value is -2.44. The maximum atomic E-state index is 5.51. The Morgan fingerprint density at radius 3 is 1.86 bits per heavy atom. The summed E-state index contributed by atoms with van der Waals surface area (Å²) in [6, 6.07) is 12.1. The third kappa shape index (κ3) is 4.88. The van der Waals surface area contributed by atoms with E-state index in [1.54, 1.807) is 28.4 Å². The Morgan fingerprint density at radius 2 is 1.25 bits per heavy atom. The first kappa shape index (κ1) is 20.3. The second kappa shape index (κ2) is 9.66. The van der Waals surface area contributed by atoms with Crippen LogP contribution >= 0.6 is 0 Å². The van der Waals surface area contributed by atoms with E-state index in [1.807, 2.05) is 18.2 Å². The first-order valence-electron chi connectivity index (χ1n) is 9.53. The molecule has 0 radical (unpaired) electrons. The van der Waals surface area contributed by atoms with Crippen LogP contribution in [-0.4, -0.2) is 64.4 Å². The predicted octanol–water partition coefficient (Wildman–Crippen LogP) is 3.04. The number of nitrogens with zero attached hydrogens (tertiary/aromatic N) is 2. The van der Waals surface area contributed by atoms with Crippen LogP contribution in [0, 0.1) is 0 Å². The molecular formula is C22H30N2O4. The second-order valence-electron chi connectivity index (χ2n) is 6.92. The van der Waals surface area contributed by atoms with E-state index in [9.17, 15) is 0 Å². The van der Waals surface area contributed by atoms with Crippen molar-refractivity contribution >= 4 is 0 Å². The lowest BCUT2D eigenvalue weighted by molar-refractivity contribution is 0.121. The molecule has 0 unspecified atom stereocenters. The van der Waals surface area contributed by atoms with Crippen LogP contribution in [-0.2, 0) is 13.1 Å². The Kier molecular flexibility index (Phi) is 7.01. The van der Waals surface area contributed by atoms with Gasteiger partial charge < -0.3 is 18.9 Å². The van der Waals surface area contributed by atoms with E-state index in [2.05, 4.69) is 28.0 Å². The van der Waals surface area contributed by atoms with Gasteiger partial charge >= 0.3 is 0 Å². The fourth-order valence-electron chi connectivity index (χ4n) is 3.59. The monoisotopic (exact) mass is 386 g/mol. The fourth-order valence-corrected chi connectivity index (χ4v) is 3.59. The molecule has 0 aromatic heterocycles. The first-order valence-corrected chi connectivity index (χ1v) is 9.53. The summed E-state index contributed by atoms with van der Waals surface area (Å²) in [5.41, 5.74) is 2.40. The van der Waals surface area contributed by atoms with Crippen LogP contribution in [0.1, 0.15) is 11.1 Å². The molecule has 0 saturated carbocycles. The lowest BCUT2D eigenvalue weighted by Crippen LogP contribution is -2.45. The number of piperazine rings is 1. The minimum absolute atomic E-state index is 0.767. The maximum absolute atomic E-state index is 5.51. The van der Waals surface area contributed by atoms with E-state index in [0.29, 0.717) is 0 Å². The van der Waals surface area contributed by atoms with Gasteiger partial charge in [0.2, 0.25) is 0 Å². The molecule has 1 aliphatic heterocycles. The summed E-state index contributed by atoms with van der Waals surface area (Å²) in [5.74, 6) is 3.32. The summed E-state index contributed by atoms with van der Waals surface area (Å²) < 4.78 is 21.6. The average molecular weight is 386 g/mol. The number of rotatable bonds is 8. The van der Waals surface area contributed by atoms with Crippen LogP contribution < -0.4 is 18.9 Å². The van der Waals surface area contributed by atoms with Gasteiger partial charge in [-0.2, -0.15) is 0 Å². The van der Waals surface area contributed by atoms with E-state index in [4.69, 9.17) is 18.9 Å². The highest BCUT2D eigenvalue weighted by Gasteiger charge is 2.19. The maximum Gasteiger partial charge on any atom is 0.161 e. The molecule has 28 heavy (non-hydrogen) atoms. The van der Waals surface area contributed by atoms with Crippen molar-refractivity contribution in [2.24, 2.45) is 0 Å². The van der Waals surface area contributed by atoms with Crippen molar-refractivity contribution in [2.45, 2.75) is 13.1 Å². The van der Waals surface area contributed by atoms with Gasteiger partial charge in [-0.1, -0.05) is 6.07 Å². The van der Waals surface area contributed by atoms with Crippen molar-refractivity contribution < 1.29 is 18.9 Å². The lowest BCUT2D eigenvalue weighted by Gasteiger charge is -2.35. The Morgan fingerprint density at radius 1 is 0.643 bits per heavy atom. The highest BCUT2D eigenvalue weighted by atomic mass is 16.5. The summed E-state index contributed by atoms with van der Waals surface area (Å²) in [6.07, 6.45) is 0. The molecule has 1 fully saturated rings. The van der Waals surface area contributed by atoms with Crippen molar-refractivity contribution in [3.63, 3.8) is 0 Å². The molecule has 1 aliphatic rings. The molecule has 6 nitrogen and oxygen atoms in total. The molecule has 0 aliphatic carbocycles. The van der Waals surface area contributed by atoms with Gasteiger partial charge in [0.05, 0.1) is 28.4 Å². The number of ether oxygens (including phenoxy) is 4. The van der Waals surface area contributed by atoms with Gasteiger partial charge in [-0.25, -0.2) is 0 Å². The smallest absolute Gasteiger partial charge is 0.161 e. The fraction of sp³-hybridized carbons (Fsp3) is 0.455. The van der Waals surface area contributed by atoms with Crippen LogP contribution in [0.3, 0.4) is 0 Å². The Balaban J connectivity index is 1.56. The number of benzene rings is 2. The van der Waals surface area contributed by atoms with Crippen LogP contribution in [0.25, 0.3) is 0 Å². The second-order valence-corrected chi connectivity index (χ2v) is 6.92. The first-order chi connectivity index (χ1) is 13.7. The summed E-state index contributed by atoms with van der Waals surface area (Å²) in [4.78, 5) is 4.93. The van der Waals surface area contributed by atoms with Gasteiger partial charge in [0.25, 0.3) is 0 Å². The third-order valence-electron chi connectivity index (χ3n) is 5.20. The minimum Gasteiger partial charge on any atom is -0.497 e. The lowest BCUT2D eigenvalue weighted by atomic mass is 10.1. The molecule has 1 heterocycles. The Labute approximate surface area is 167 Å². The molecule has 0 atom stereocenters. The third-order valence-corrected chi connectivity index (χ3v) is 5.20. The van der Waals surface area contributed by atoms with Gasteiger partial charge in [0.1, 0.15) is 11.5 Å². The van der Waals surface area contributed by atoms with Crippen molar-refractivity contribution in [1.82, 2.24) is 9.80 Å². The van der Waals surface area contributed by atoms with E-state index < -0.39 is 0 Å². The van der Waals surface area contributed by atoms with Gasteiger partial charge in [-0.15, -0.1) is 0 Å². The highest BCUT2D eigenvalue weighted by molar-refractivity contribution is 5.43. The SMILES string of the molecule is COc1ccc(OC)c(CN2CCN(Cc3ccc(OC)c(OC)c3)CC2)c1. The zero-order valence-electron chi connectivity index (χ0n) is 17.2. The standard InChI is InChI=1S/C22H30N2O4/c1-25-19-6-8-20(26-2)18(14-19)16-24-11-9-23(10-12-24)15-17-5-7-21(27-3)22(13-17)28-4/h5-8,13-14H,9-12,15-16H2,1-4H3. The highest BCUT2D eigenvalue weighted by Crippen LogP contribution is 2.29. The average Bonchev–Trinajstić information content (AvgIpc) is 2.75. The topological polar surface area (TPSA) is 43.4 Å². The van der Waals surface area contributed by atoms with E-state index >= 15 is 0 Å². The van der Waals surface area contributed by atoms with Gasteiger partial charge in [-0.3, -0.25) is 9.80 Å². The molecule has 0 bridgehead atoms. The molecule has 0 N–H and O–H groups in total. The molecule has 6 heteroatoms. The number of methoxy groups -OCH3 is 4. The molecular weight excluding hydrogens is 356 g/mol. The van der Waals surface area contributed by atoms with Crippen LogP contribution in [0.2, 0.25) is 0 Å². The molecule has 3 rings (SSSR count). The zero-order valence-corrected chi connectivity index (χ0v) is 17.2. The molecule has 1 saturated heterocycles. The number of hydrogen-bond acceptors (Lipinski definition) is 6. The Bertz CT molecular complexity index is 773.